The summed E-state index contributed by atoms with van der Waals surface area (Å²) < 4.78 is 6.93. The van der Waals surface area contributed by atoms with E-state index in [1.165, 1.54) is 11.1 Å². The van der Waals surface area contributed by atoms with Crippen LogP contribution in [0.15, 0.2) is 132 Å². The van der Waals surface area contributed by atoms with Crippen molar-refractivity contribution in [3.8, 4) is 0 Å². The normalized spacial score (nSPS) is 14.5. The highest BCUT2D eigenvalue weighted by Gasteiger charge is 2.37. The second-order valence-electron chi connectivity index (χ2n) is 8.51. The molecule has 0 atom stereocenters. The first-order chi connectivity index (χ1) is 19.1. The standard InChI is InChI=1S/C32H36O.3C2H6/c1-5-7-11-21-31-30(27(4)23-22-26(3)16-8-6-2)24-25-32(33-31,28-17-12-9-13-18-28)29-19-14-10-15-20-29;3*1-2/h6,8-15,17-25H,5,7,16H2,1-4H3;3*1-2H3/b8-6?,21-11-,26-22?,27-23+;;;. The van der Waals surface area contributed by atoms with Gasteiger partial charge in [-0.1, -0.05) is 158 Å². The van der Waals surface area contributed by atoms with Gasteiger partial charge in [-0.25, -0.2) is 0 Å². The van der Waals surface area contributed by atoms with Gasteiger partial charge in [0.1, 0.15) is 5.76 Å². The van der Waals surface area contributed by atoms with Gasteiger partial charge in [-0.3, -0.25) is 0 Å². The Balaban J connectivity index is 0.00000225. The van der Waals surface area contributed by atoms with E-state index in [1.807, 2.05) is 53.7 Å². The quantitative estimate of drug-likeness (QED) is 0.233. The largest absolute Gasteiger partial charge is 0.473 e. The molecule has 1 heterocycles. The molecular formula is C38H54O. The molecule has 3 rings (SSSR count). The molecule has 2 aromatic rings. The molecule has 0 aliphatic carbocycles. The number of hydrogen-bond acceptors (Lipinski definition) is 1. The van der Waals surface area contributed by atoms with Crippen molar-refractivity contribution in [3.63, 3.8) is 0 Å². The minimum absolute atomic E-state index is 0.657. The summed E-state index contributed by atoms with van der Waals surface area (Å²) in [5.41, 5.74) is 5.24. The SMILES string of the molecule is CC.CC.CC.CC=CCC(C)=C/C=C(\C)C1=C(/C=C\CCC)OC(c2ccccc2)(c2ccccc2)C=C1. The van der Waals surface area contributed by atoms with Gasteiger partial charge in [0.2, 0.25) is 0 Å². The van der Waals surface area contributed by atoms with Crippen LogP contribution in [0.1, 0.15) is 99.6 Å². The minimum Gasteiger partial charge on any atom is -0.473 e. The van der Waals surface area contributed by atoms with Crippen molar-refractivity contribution in [2.45, 2.75) is 94.1 Å². The van der Waals surface area contributed by atoms with Gasteiger partial charge in [-0.05, 0) is 51.3 Å². The fraction of sp³-hybridized carbons (Fsp3) is 0.368. The Morgan fingerprint density at radius 2 is 1.31 bits per heavy atom. The predicted octanol–water partition coefficient (Wildman–Crippen LogP) is 12.1. The third-order valence-electron chi connectivity index (χ3n) is 5.87. The first kappa shape index (κ1) is 35.7. The predicted molar refractivity (Wildman–Crippen MR) is 176 cm³/mol. The average Bonchev–Trinajstić information content (AvgIpc) is 3.02. The molecule has 0 N–H and O–H groups in total. The molecule has 0 amide bonds. The van der Waals surface area contributed by atoms with Crippen LogP contribution in [0.4, 0.5) is 0 Å². The zero-order valence-electron chi connectivity index (χ0n) is 26.4. The maximum atomic E-state index is 6.93. The Labute approximate surface area is 241 Å². The fourth-order valence-corrected chi connectivity index (χ4v) is 3.93. The van der Waals surface area contributed by atoms with Crippen LogP contribution in [0.2, 0.25) is 0 Å². The highest BCUT2D eigenvalue weighted by molar-refractivity contribution is 5.53. The van der Waals surface area contributed by atoms with Crippen LogP contribution in [-0.4, -0.2) is 0 Å². The minimum atomic E-state index is -0.657. The second-order valence-corrected chi connectivity index (χ2v) is 8.51. The van der Waals surface area contributed by atoms with Crippen LogP contribution in [-0.2, 0) is 10.3 Å². The van der Waals surface area contributed by atoms with Gasteiger partial charge in [-0.15, -0.1) is 0 Å². The summed E-state index contributed by atoms with van der Waals surface area (Å²) in [6.07, 6.45) is 20.6. The smallest absolute Gasteiger partial charge is 0.178 e. The van der Waals surface area contributed by atoms with Crippen LogP contribution in [0.5, 0.6) is 0 Å². The number of unbranched alkanes of at least 4 members (excludes halogenated alkanes) is 1. The van der Waals surface area contributed by atoms with Gasteiger partial charge in [0.05, 0.1) is 0 Å². The van der Waals surface area contributed by atoms with E-state index in [0.29, 0.717) is 0 Å². The number of rotatable bonds is 9. The maximum absolute atomic E-state index is 6.93. The Morgan fingerprint density at radius 1 is 0.769 bits per heavy atom. The lowest BCUT2D eigenvalue weighted by Crippen LogP contribution is -2.31. The van der Waals surface area contributed by atoms with Crippen LogP contribution in [0.25, 0.3) is 0 Å². The Kier molecular flexibility index (Phi) is 19.8. The zero-order chi connectivity index (χ0) is 29.5. The molecule has 0 unspecified atom stereocenters. The van der Waals surface area contributed by atoms with E-state index in [0.717, 1.165) is 41.7 Å². The molecule has 1 aliphatic heterocycles. The highest BCUT2D eigenvalue weighted by atomic mass is 16.5. The van der Waals surface area contributed by atoms with E-state index in [4.69, 9.17) is 4.74 Å². The third kappa shape index (κ3) is 11.1. The van der Waals surface area contributed by atoms with Crippen molar-refractivity contribution in [2.24, 2.45) is 0 Å². The Bertz CT molecular complexity index is 1040. The molecule has 39 heavy (non-hydrogen) atoms. The molecule has 1 nitrogen and oxygen atoms in total. The van der Waals surface area contributed by atoms with Gasteiger partial charge in [0.15, 0.2) is 5.60 Å². The molecule has 0 radical (unpaired) electrons. The second kappa shape index (κ2) is 21.6. The summed E-state index contributed by atoms with van der Waals surface area (Å²) in [5, 5.41) is 0. The zero-order valence-corrected chi connectivity index (χ0v) is 26.4. The molecule has 0 bridgehead atoms. The molecule has 0 aromatic heterocycles. The van der Waals surface area contributed by atoms with E-state index in [9.17, 15) is 0 Å². The monoisotopic (exact) mass is 526 g/mol. The lowest BCUT2D eigenvalue weighted by Gasteiger charge is -2.37. The summed E-state index contributed by atoms with van der Waals surface area (Å²) in [4.78, 5) is 0. The maximum Gasteiger partial charge on any atom is 0.178 e. The van der Waals surface area contributed by atoms with E-state index in [1.54, 1.807) is 0 Å². The lowest BCUT2D eigenvalue weighted by atomic mass is 9.83. The molecule has 1 aliphatic rings. The molecule has 1 heteroatoms. The van der Waals surface area contributed by atoms with Crippen LogP contribution in [0.3, 0.4) is 0 Å². The topological polar surface area (TPSA) is 9.23 Å². The van der Waals surface area contributed by atoms with Crippen molar-refractivity contribution in [1.82, 2.24) is 0 Å². The first-order valence-corrected chi connectivity index (χ1v) is 15.0. The van der Waals surface area contributed by atoms with Crippen LogP contribution in [0, 0.1) is 0 Å². The molecule has 0 saturated heterocycles. The van der Waals surface area contributed by atoms with Crippen molar-refractivity contribution >= 4 is 0 Å². The molecule has 2 aromatic carbocycles. The fourth-order valence-electron chi connectivity index (χ4n) is 3.93. The Morgan fingerprint density at radius 3 is 1.79 bits per heavy atom. The molecule has 0 spiro atoms. The van der Waals surface area contributed by atoms with Crippen molar-refractivity contribution in [2.75, 3.05) is 0 Å². The van der Waals surface area contributed by atoms with E-state index < -0.39 is 5.60 Å². The van der Waals surface area contributed by atoms with Gasteiger partial charge in [-0.2, -0.15) is 0 Å². The third-order valence-corrected chi connectivity index (χ3v) is 5.87. The van der Waals surface area contributed by atoms with Crippen molar-refractivity contribution in [1.29, 1.82) is 0 Å². The van der Waals surface area contributed by atoms with Gasteiger partial charge >= 0.3 is 0 Å². The lowest BCUT2D eigenvalue weighted by molar-refractivity contribution is 0.0817. The molecule has 212 valence electrons. The number of benzene rings is 2. The molecule has 0 fully saturated rings. The van der Waals surface area contributed by atoms with Crippen molar-refractivity contribution < 1.29 is 4.74 Å². The summed E-state index contributed by atoms with van der Waals surface area (Å²) in [6.45, 7) is 20.6. The molecular weight excluding hydrogens is 472 g/mol. The van der Waals surface area contributed by atoms with Crippen LogP contribution >= 0.6 is 0 Å². The van der Waals surface area contributed by atoms with E-state index in [-0.39, 0.29) is 0 Å². The summed E-state index contributed by atoms with van der Waals surface area (Å²) in [6, 6.07) is 21.0. The van der Waals surface area contributed by atoms with E-state index >= 15 is 0 Å². The van der Waals surface area contributed by atoms with Gasteiger partial charge in [0, 0.05) is 16.7 Å². The highest BCUT2D eigenvalue weighted by Crippen LogP contribution is 2.42. The summed E-state index contributed by atoms with van der Waals surface area (Å²) in [7, 11) is 0. The first-order valence-electron chi connectivity index (χ1n) is 15.0. The summed E-state index contributed by atoms with van der Waals surface area (Å²) >= 11 is 0. The number of allylic oxidation sites excluding steroid dienone is 10. The number of hydrogen-bond donors (Lipinski definition) is 0. The molecule has 0 saturated carbocycles. The number of ether oxygens (including phenoxy) is 1. The van der Waals surface area contributed by atoms with E-state index in [2.05, 4.69) is 125 Å². The van der Waals surface area contributed by atoms with Gasteiger partial charge < -0.3 is 4.74 Å². The summed E-state index contributed by atoms with van der Waals surface area (Å²) in [5.74, 6) is 0.909. The average molecular weight is 527 g/mol. The Hall–Kier alpha value is -3.32. The van der Waals surface area contributed by atoms with Crippen molar-refractivity contribution in [3.05, 3.63) is 143 Å². The van der Waals surface area contributed by atoms with Crippen LogP contribution < -0.4 is 0 Å². The van der Waals surface area contributed by atoms with Gasteiger partial charge in [0.25, 0.3) is 0 Å².